The Kier molecular flexibility index (Phi) is 10.4. The molecule has 6 heteroatoms. The standard InChI is InChI=1S/C15H26F2O4/c1-5-13(4)20-9-7-6-8-19-10-11-21-15(16,17)14(18)12(2)3/h13H,2,5-11H2,1,3-4H3. The van der Waals surface area contributed by atoms with E-state index in [1.165, 1.54) is 6.92 Å². The molecule has 0 spiro atoms. The minimum Gasteiger partial charge on any atom is -0.379 e. The van der Waals surface area contributed by atoms with Crippen LogP contribution in [-0.2, 0) is 19.0 Å². The lowest BCUT2D eigenvalue weighted by Gasteiger charge is -2.15. The first-order valence-corrected chi connectivity index (χ1v) is 7.22. The molecular formula is C15H26F2O4. The summed E-state index contributed by atoms with van der Waals surface area (Å²) < 4.78 is 41.2. The lowest BCUT2D eigenvalue weighted by molar-refractivity contribution is -0.229. The van der Waals surface area contributed by atoms with Crippen molar-refractivity contribution in [3.63, 3.8) is 0 Å². The lowest BCUT2D eigenvalue weighted by atomic mass is 10.2. The number of ketones is 1. The van der Waals surface area contributed by atoms with Crippen LogP contribution in [0.2, 0.25) is 0 Å². The molecule has 0 heterocycles. The number of ether oxygens (including phenoxy) is 3. The highest BCUT2D eigenvalue weighted by molar-refractivity contribution is 5.98. The van der Waals surface area contributed by atoms with E-state index in [2.05, 4.69) is 18.2 Å². The molecule has 0 N–H and O–H groups in total. The number of halogens is 2. The van der Waals surface area contributed by atoms with Gasteiger partial charge in [0.15, 0.2) is 0 Å². The van der Waals surface area contributed by atoms with Crippen molar-refractivity contribution in [1.82, 2.24) is 0 Å². The van der Waals surface area contributed by atoms with E-state index in [0.717, 1.165) is 19.3 Å². The normalized spacial score (nSPS) is 13.2. The van der Waals surface area contributed by atoms with Crippen LogP contribution in [0, 0.1) is 0 Å². The number of Topliss-reactive ketones (excluding diaryl/α,β-unsaturated/α-hetero) is 1. The van der Waals surface area contributed by atoms with Gasteiger partial charge in [-0.25, -0.2) is 0 Å². The van der Waals surface area contributed by atoms with Crippen molar-refractivity contribution in [1.29, 1.82) is 0 Å². The van der Waals surface area contributed by atoms with Crippen molar-refractivity contribution in [2.75, 3.05) is 26.4 Å². The maximum Gasteiger partial charge on any atom is 0.420 e. The molecule has 4 nitrogen and oxygen atoms in total. The van der Waals surface area contributed by atoms with Gasteiger partial charge in [0.2, 0.25) is 0 Å². The molecule has 0 aromatic heterocycles. The summed E-state index contributed by atoms with van der Waals surface area (Å²) in [6.45, 7) is 9.26. The highest BCUT2D eigenvalue weighted by Crippen LogP contribution is 2.19. The molecule has 0 saturated carbocycles. The fourth-order valence-electron chi connectivity index (χ4n) is 1.35. The molecule has 0 saturated heterocycles. The Morgan fingerprint density at radius 3 is 2.38 bits per heavy atom. The van der Waals surface area contributed by atoms with E-state index >= 15 is 0 Å². The zero-order valence-corrected chi connectivity index (χ0v) is 13.1. The van der Waals surface area contributed by atoms with Gasteiger partial charge in [0.05, 0.1) is 19.3 Å². The third-order valence-corrected chi connectivity index (χ3v) is 2.82. The summed E-state index contributed by atoms with van der Waals surface area (Å²) in [6.07, 6.45) is -0.940. The first-order valence-electron chi connectivity index (χ1n) is 7.22. The lowest BCUT2D eigenvalue weighted by Crippen LogP contribution is -2.33. The van der Waals surface area contributed by atoms with Gasteiger partial charge in [-0.15, -0.1) is 0 Å². The van der Waals surface area contributed by atoms with Crippen LogP contribution < -0.4 is 0 Å². The smallest absolute Gasteiger partial charge is 0.379 e. The Labute approximate surface area is 125 Å². The van der Waals surface area contributed by atoms with E-state index in [1.807, 2.05) is 6.92 Å². The van der Waals surface area contributed by atoms with Crippen molar-refractivity contribution in [2.45, 2.75) is 52.2 Å². The molecule has 0 aromatic carbocycles. The maximum atomic E-state index is 13.1. The van der Waals surface area contributed by atoms with Crippen LogP contribution in [0.25, 0.3) is 0 Å². The van der Waals surface area contributed by atoms with Gasteiger partial charge < -0.3 is 14.2 Å². The van der Waals surface area contributed by atoms with Crippen molar-refractivity contribution in [3.8, 4) is 0 Å². The average molecular weight is 308 g/mol. The highest BCUT2D eigenvalue weighted by atomic mass is 19.3. The van der Waals surface area contributed by atoms with Gasteiger partial charge >= 0.3 is 6.11 Å². The van der Waals surface area contributed by atoms with Crippen LogP contribution >= 0.6 is 0 Å². The number of carbonyl (C=O) groups is 1. The Bertz CT molecular complexity index is 319. The molecule has 0 aliphatic heterocycles. The third kappa shape index (κ3) is 9.66. The second-order valence-corrected chi connectivity index (χ2v) is 4.88. The van der Waals surface area contributed by atoms with E-state index in [1.54, 1.807) is 0 Å². The molecule has 0 rings (SSSR count). The highest BCUT2D eigenvalue weighted by Gasteiger charge is 2.40. The van der Waals surface area contributed by atoms with Crippen LogP contribution in [0.4, 0.5) is 8.78 Å². The number of hydrogen-bond donors (Lipinski definition) is 0. The molecule has 21 heavy (non-hydrogen) atoms. The van der Waals surface area contributed by atoms with Crippen LogP contribution in [0.1, 0.15) is 40.0 Å². The summed E-state index contributed by atoms with van der Waals surface area (Å²) in [5.41, 5.74) is -0.234. The van der Waals surface area contributed by atoms with Crippen molar-refractivity contribution in [3.05, 3.63) is 12.2 Å². The van der Waals surface area contributed by atoms with E-state index in [-0.39, 0.29) is 24.9 Å². The van der Waals surface area contributed by atoms with Gasteiger partial charge in [0.25, 0.3) is 5.78 Å². The van der Waals surface area contributed by atoms with Crippen molar-refractivity contribution >= 4 is 5.78 Å². The summed E-state index contributed by atoms with van der Waals surface area (Å²) in [7, 11) is 0. The molecule has 1 unspecified atom stereocenters. The molecule has 0 radical (unpaired) electrons. The first kappa shape index (κ1) is 20.1. The molecule has 1 atom stereocenters. The minimum absolute atomic E-state index is 0.0191. The summed E-state index contributed by atoms with van der Waals surface area (Å²) >= 11 is 0. The van der Waals surface area contributed by atoms with Crippen LogP contribution in [0.3, 0.4) is 0 Å². The zero-order chi connectivity index (χ0) is 16.3. The fraction of sp³-hybridized carbons (Fsp3) is 0.800. The minimum atomic E-state index is -3.82. The number of unbranched alkanes of at least 4 members (excludes halogenated alkanes) is 1. The topological polar surface area (TPSA) is 44.8 Å². The zero-order valence-electron chi connectivity index (χ0n) is 13.1. The molecule has 0 aliphatic rings. The van der Waals surface area contributed by atoms with E-state index in [9.17, 15) is 13.6 Å². The second kappa shape index (κ2) is 10.8. The molecule has 0 bridgehead atoms. The Morgan fingerprint density at radius 2 is 1.81 bits per heavy atom. The van der Waals surface area contributed by atoms with Crippen LogP contribution in [-0.4, -0.2) is 44.4 Å². The first-order chi connectivity index (χ1) is 9.81. The van der Waals surface area contributed by atoms with Crippen molar-refractivity contribution in [2.24, 2.45) is 0 Å². The monoisotopic (exact) mass is 308 g/mol. The number of hydrogen-bond acceptors (Lipinski definition) is 4. The quantitative estimate of drug-likeness (QED) is 0.386. The van der Waals surface area contributed by atoms with E-state index in [4.69, 9.17) is 9.47 Å². The summed E-state index contributed by atoms with van der Waals surface area (Å²) in [5, 5.41) is 0. The molecule has 0 fully saturated rings. The molecule has 0 aliphatic carbocycles. The van der Waals surface area contributed by atoms with Crippen LogP contribution in [0.5, 0.6) is 0 Å². The van der Waals surface area contributed by atoms with Gasteiger partial charge in [-0.1, -0.05) is 13.5 Å². The average Bonchev–Trinajstić information content (AvgIpc) is 2.43. The third-order valence-electron chi connectivity index (χ3n) is 2.82. The summed E-state index contributed by atoms with van der Waals surface area (Å²) in [6, 6.07) is 0. The van der Waals surface area contributed by atoms with Crippen molar-refractivity contribution < 1.29 is 27.8 Å². The molecule has 0 aromatic rings. The fourth-order valence-corrected chi connectivity index (χ4v) is 1.35. The van der Waals surface area contributed by atoms with E-state index < -0.39 is 11.9 Å². The SMILES string of the molecule is C=C(C)C(=O)C(F)(F)OCCOCCCCOC(C)CC. The van der Waals surface area contributed by atoms with Crippen LogP contribution in [0.15, 0.2) is 12.2 Å². The number of alkyl halides is 2. The Morgan fingerprint density at radius 1 is 1.19 bits per heavy atom. The molecular weight excluding hydrogens is 282 g/mol. The summed E-state index contributed by atoms with van der Waals surface area (Å²) in [4.78, 5) is 11.1. The Balaban J connectivity index is 3.52. The second-order valence-electron chi connectivity index (χ2n) is 4.88. The van der Waals surface area contributed by atoms with Gasteiger partial charge in [-0.05, 0) is 38.7 Å². The maximum absolute atomic E-state index is 13.1. The van der Waals surface area contributed by atoms with Gasteiger partial charge in [0, 0.05) is 13.2 Å². The predicted octanol–water partition coefficient (Wildman–Crippen LogP) is 3.35. The van der Waals surface area contributed by atoms with Gasteiger partial charge in [-0.2, -0.15) is 8.78 Å². The number of rotatable bonds is 13. The van der Waals surface area contributed by atoms with Gasteiger partial charge in [0.1, 0.15) is 0 Å². The Hall–Kier alpha value is -0.850. The van der Waals surface area contributed by atoms with E-state index in [0.29, 0.717) is 13.2 Å². The van der Waals surface area contributed by atoms with Gasteiger partial charge in [-0.3, -0.25) is 4.79 Å². The largest absolute Gasteiger partial charge is 0.420 e. The summed E-state index contributed by atoms with van der Waals surface area (Å²) in [5.74, 6) is -1.40. The number of carbonyl (C=O) groups excluding carboxylic acids is 1. The predicted molar refractivity (Wildman–Crippen MR) is 76.5 cm³/mol. The molecule has 124 valence electrons. The molecule has 0 amide bonds.